The van der Waals surface area contributed by atoms with Crippen LogP contribution < -0.4 is 4.74 Å². The van der Waals surface area contributed by atoms with E-state index in [-0.39, 0.29) is 6.79 Å². The Hall–Kier alpha value is -1.09. The van der Waals surface area contributed by atoms with Crippen molar-refractivity contribution in [2.45, 2.75) is 6.92 Å². The average molecular weight is 169 g/mol. The van der Waals surface area contributed by atoms with E-state index in [1.165, 1.54) is 12.1 Å². The van der Waals surface area contributed by atoms with Crippen molar-refractivity contribution in [3.05, 3.63) is 30.1 Å². The Bertz CT molecular complexity index is 238. The van der Waals surface area contributed by atoms with E-state index < -0.39 is 5.82 Å². The molecule has 1 rings (SSSR count). The molecule has 0 spiro atoms. The standard InChI is InChI=1S/C9H10FO2/c1-2-11-7-12-9-5-3-4-8(10)6-9/h3,5-6H,2,7H2,1H3. The van der Waals surface area contributed by atoms with Gasteiger partial charge in [-0.05, 0) is 19.1 Å². The summed E-state index contributed by atoms with van der Waals surface area (Å²) in [5, 5.41) is 0. The molecular formula is C9H10FO2. The summed E-state index contributed by atoms with van der Waals surface area (Å²) in [6.07, 6.45) is 0. The van der Waals surface area contributed by atoms with Crippen LogP contribution in [0.1, 0.15) is 6.92 Å². The third-order valence-electron chi connectivity index (χ3n) is 1.25. The van der Waals surface area contributed by atoms with Gasteiger partial charge in [-0.25, -0.2) is 4.39 Å². The monoisotopic (exact) mass is 169 g/mol. The fraction of sp³-hybridized carbons (Fsp3) is 0.333. The molecule has 0 aliphatic rings. The summed E-state index contributed by atoms with van der Waals surface area (Å²) < 4.78 is 22.5. The van der Waals surface area contributed by atoms with Gasteiger partial charge in [-0.3, -0.25) is 0 Å². The van der Waals surface area contributed by atoms with Crippen LogP contribution in [0.3, 0.4) is 0 Å². The molecule has 0 saturated heterocycles. The van der Waals surface area contributed by atoms with Gasteiger partial charge >= 0.3 is 0 Å². The van der Waals surface area contributed by atoms with E-state index in [1.54, 1.807) is 6.07 Å². The Balaban J connectivity index is 2.41. The fourth-order valence-electron chi connectivity index (χ4n) is 0.701. The molecule has 0 unspecified atom stereocenters. The molecule has 1 radical (unpaired) electrons. The van der Waals surface area contributed by atoms with Crippen molar-refractivity contribution in [2.24, 2.45) is 0 Å². The molecule has 12 heavy (non-hydrogen) atoms. The largest absolute Gasteiger partial charge is 0.467 e. The first kappa shape index (κ1) is 9.00. The summed E-state index contributed by atoms with van der Waals surface area (Å²) in [7, 11) is 0. The van der Waals surface area contributed by atoms with E-state index in [0.717, 1.165) is 0 Å². The number of ether oxygens (including phenoxy) is 2. The second-order valence-corrected chi connectivity index (χ2v) is 2.13. The quantitative estimate of drug-likeness (QED) is 0.507. The Labute approximate surface area is 70.9 Å². The number of halogens is 1. The highest BCUT2D eigenvalue weighted by molar-refractivity contribution is 5.21. The van der Waals surface area contributed by atoms with E-state index in [0.29, 0.717) is 12.4 Å². The molecule has 2 nitrogen and oxygen atoms in total. The fourth-order valence-corrected chi connectivity index (χ4v) is 0.701. The molecule has 0 amide bonds. The van der Waals surface area contributed by atoms with E-state index in [1.807, 2.05) is 6.92 Å². The minimum atomic E-state index is -0.427. The molecule has 0 bridgehead atoms. The van der Waals surface area contributed by atoms with E-state index in [2.05, 4.69) is 6.07 Å². The summed E-state index contributed by atoms with van der Waals surface area (Å²) in [6.45, 7) is 2.60. The van der Waals surface area contributed by atoms with Crippen LogP contribution in [0.4, 0.5) is 4.39 Å². The zero-order chi connectivity index (χ0) is 8.81. The van der Waals surface area contributed by atoms with Gasteiger partial charge in [-0.15, -0.1) is 0 Å². The second-order valence-electron chi connectivity index (χ2n) is 2.13. The zero-order valence-corrected chi connectivity index (χ0v) is 6.84. The van der Waals surface area contributed by atoms with Gasteiger partial charge in [0.1, 0.15) is 11.6 Å². The zero-order valence-electron chi connectivity index (χ0n) is 6.84. The Kier molecular flexibility index (Phi) is 3.54. The lowest BCUT2D eigenvalue weighted by Gasteiger charge is -2.04. The second kappa shape index (κ2) is 4.72. The van der Waals surface area contributed by atoms with Crippen LogP contribution in [0.2, 0.25) is 0 Å². The van der Waals surface area contributed by atoms with E-state index in [4.69, 9.17) is 9.47 Å². The summed E-state index contributed by atoms with van der Waals surface area (Å²) in [4.78, 5) is 0. The first-order valence-electron chi connectivity index (χ1n) is 3.70. The SMILES string of the molecule is CCOCOc1cc[c]c(F)c1. The molecule has 1 aromatic rings. The van der Waals surface area contributed by atoms with Crippen molar-refractivity contribution in [3.63, 3.8) is 0 Å². The predicted molar refractivity (Wildman–Crippen MR) is 42.4 cm³/mol. The highest BCUT2D eigenvalue weighted by Crippen LogP contribution is 2.10. The molecule has 0 atom stereocenters. The van der Waals surface area contributed by atoms with Gasteiger partial charge in [-0.2, -0.15) is 0 Å². The molecule has 0 saturated carbocycles. The molecular weight excluding hydrogens is 159 g/mol. The lowest BCUT2D eigenvalue weighted by atomic mass is 10.3. The Morgan fingerprint density at radius 3 is 3.08 bits per heavy atom. The lowest BCUT2D eigenvalue weighted by Crippen LogP contribution is -2.01. The maximum Gasteiger partial charge on any atom is 0.189 e. The van der Waals surface area contributed by atoms with Gasteiger partial charge in [0.05, 0.1) is 0 Å². The summed E-state index contributed by atoms with van der Waals surface area (Å²) in [5.74, 6) is 0.0312. The topological polar surface area (TPSA) is 18.5 Å². The van der Waals surface area contributed by atoms with Crippen molar-refractivity contribution in [2.75, 3.05) is 13.4 Å². The van der Waals surface area contributed by atoms with E-state index >= 15 is 0 Å². The van der Waals surface area contributed by atoms with Crippen LogP contribution in [0.25, 0.3) is 0 Å². The Morgan fingerprint density at radius 2 is 2.42 bits per heavy atom. The van der Waals surface area contributed by atoms with Crippen LogP contribution in [0, 0.1) is 11.9 Å². The predicted octanol–water partition coefficient (Wildman–Crippen LogP) is 2.00. The smallest absolute Gasteiger partial charge is 0.189 e. The highest BCUT2D eigenvalue weighted by Gasteiger charge is 1.94. The van der Waals surface area contributed by atoms with Crippen molar-refractivity contribution < 1.29 is 13.9 Å². The lowest BCUT2D eigenvalue weighted by molar-refractivity contribution is 0.0222. The molecule has 65 valence electrons. The normalized spacial score (nSPS) is 9.83. The summed E-state index contributed by atoms with van der Waals surface area (Å²) in [5.41, 5.74) is 0. The van der Waals surface area contributed by atoms with Gasteiger partial charge in [0.15, 0.2) is 6.79 Å². The highest BCUT2D eigenvalue weighted by atomic mass is 19.1. The maximum absolute atomic E-state index is 12.5. The number of hydrogen-bond acceptors (Lipinski definition) is 2. The van der Waals surface area contributed by atoms with Crippen molar-refractivity contribution in [1.29, 1.82) is 0 Å². The number of hydrogen-bond donors (Lipinski definition) is 0. The molecule has 1 aromatic carbocycles. The van der Waals surface area contributed by atoms with Crippen LogP contribution in [0.5, 0.6) is 5.75 Å². The maximum atomic E-state index is 12.5. The number of benzene rings is 1. The van der Waals surface area contributed by atoms with Gasteiger partial charge in [-0.1, -0.05) is 0 Å². The van der Waals surface area contributed by atoms with Crippen molar-refractivity contribution in [1.82, 2.24) is 0 Å². The minimum Gasteiger partial charge on any atom is -0.467 e. The van der Waals surface area contributed by atoms with Crippen molar-refractivity contribution >= 4 is 0 Å². The third kappa shape index (κ3) is 2.88. The molecule has 0 N–H and O–H groups in total. The van der Waals surface area contributed by atoms with Gasteiger partial charge in [0.25, 0.3) is 0 Å². The number of rotatable bonds is 4. The summed E-state index contributed by atoms with van der Waals surface area (Å²) >= 11 is 0. The molecule has 0 fully saturated rings. The molecule has 0 heterocycles. The van der Waals surface area contributed by atoms with Crippen LogP contribution >= 0.6 is 0 Å². The average Bonchev–Trinajstić information content (AvgIpc) is 2.05. The molecule has 0 aromatic heterocycles. The van der Waals surface area contributed by atoms with Gasteiger partial charge < -0.3 is 9.47 Å². The summed E-state index contributed by atoms with van der Waals surface area (Å²) in [6, 6.07) is 6.73. The van der Waals surface area contributed by atoms with E-state index in [9.17, 15) is 4.39 Å². The Morgan fingerprint density at radius 1 is 1.58 bits per heavy atom. The minimum absolute atomic E-state index is 0.153. The van der Waals surface area contributed by atoms with Crippen LogP contribution in [-0.2, 0) is 4.74 Å². The third-order valence-corrected chi connectivity index (χ3v) is 1.25. The molecule has 0 aliphatic heterocycles. The first-order chi connectivity index (χ1) is 5.83. The molecule has 3 heteroatoms. The van der Waals surface area contributed by atoms with Crippen molar-refractivity contribution in [3.8, 4) is 5.75 Å². The first-order valence-corrected chi connectivity index (χ1v) is 3.70. The van der Waals surface area contributed by atoms with Crippen LogP contribution in [0.15, 0.2) is 18.2 Å². The molecule has 0 aliphatic carbocycles. The van der Waals surface area contributed by atoms with Gasteiger partial charge in [0, 0.05) is 18.7 Å². The van der Waals surface area contributed by atoms with Crippen LogP contribution in [-0.4, -0.2) is 13.4 Å². The van der Waals surface area contributed by atoms with Gasteiger partial charge in [0.2, 0.25) is 0 Å².